The fourth-order valence-electron chi connectivity index (χ4n) is 4.26. The number of methoxy groups -OCH3 is 1. The largest absolute Gasteiger partial charge is 0.484 e. The van der Waals surface area contributed by atoms with E-state index < -0.39 is 0 Å². The molecular formula is C22H26FN3O3. The van der Waals surface area contributed by atoms with Crippen LogP contribution in [0.3, 0.4) is 0 Å². The number of nitrogens with zero attached hydrogens (tertiary/aromatic N) is 3. The summed E-state index contributed by atoms with van der Waals surface area (Å²) in [6, 6.07) is 10.5. The molecule has 0 saturated carbocycles. The van der Waals surface area contributed by atoms with E-state index in [1.807, 2.05) is 29.4 Å². The van der Waals surface area contributed by atoms with Crippen molar-refractivity contribution in [1.29, 1.82) is 0 Å². The molecule has 0 aliphatic carbocycles. The smallest absolute Gasteiger partial charge is 0.260 e. The van der Waals surface area contributed by atoms with Crippen LogP contribution in [-0.2, 0) is 9.53 Å². The zero-order valence-corrected chi connectivity index (χ0v) is 16.5. The molecular weight excluding hydrogens is 373 g/mol. The van der Waals surface area contributed by atoms with E-state index in [9.17, 15) is 9.18 Å². The van der Waals surface area contributed by atoms with Gasteiger partial charge in [0, 0.05) is 45.2 Å². The Hall–Kier alpha value is -2.51. The molecule has 1 aromatic carbocycles. The van der Waals surface area contributed by atoms with E-state index in [-0.39, 0.29) is 30.5 Å². The van der Waals surface area contributed by atoms with Crippen molar-refractivity contribution >= 4 is 5.91 Å². The highest BCUT2D eigenvalue weighted by atomic mass is 19.1. The number of hydrogen-bond acceptors (Lipinski definition) is 5. The average molecular weight is 399 g/mol. The van der Waals surface area contributed by atoms with Crippen molar-refractivity contribution in [3.8, 4) is 5.75 Å². The highest BCUT2D eigenvalue weighted by Crippen LogP contribution is 2.39. The number of pyridine rings is 1. The maximum atomic E-state index is 12.9. The first-order valence-electron chi connectivity index (χ1n) is 10.0. The molecule has 2 fully saturated rings. The topological polar surface area (TPSA) is 54.9 Å². The van der Waals surface area contributed by atoms with Crippen LogP contribution >= 0.6 is 0 Å². The Labute approximate surface area is 170 Å². The summed E-state index contributed by atoms with van der Waals surface area (Å²) in [5.74, 6) is 0.148. The van der Waals surface area contributed by atoms with Crippen molar-refractivity contribution in [3.63, 3.8) is 0 Å². The summed E-state index contributed by atoms with van der Waals surface area (Å²) in [6.45, 7) is 2.32. The van der Waals surface area contributed by atoms with Crippen LogP contribution < -0.4 is 4.74 Å². The molecule has 1 aromatic heterocycles. The van der Waals surface area contributed by atoms with Crippen molar-refractivity contribution < 1.29 is 18.7 Å². The molecule has 4 rings (SSSR count). The zero-order valence-electron chi connectivity index (χ0n) is 16.5. The predicted molar refractivity (Wildman–Crippen MR) is 106 cm³/mol. The number of likely N-dealkylation sites (tertiary alicyclic amines) is 2. The standard InChI is InChI=1S/C22H26FN3O3/c1-28-20-14-26(22(20)16-6-10-24-11-7-16)18-8-12-25(13-9-18)21(27)15-29-19-4-2-17(23)3-5-19/h2-7,10-11,18,20,22H,8-9,12-15H2,1H3. The van der Waals surface area contributed by atoms with Crippen molar-refractivity contribution in [2.45, 2.75) is 31.0 Å². The number of piperidine rings is 1. The van der Waals surface area contributed by atoms with E-state index >= 15 is 0 Å². The number of hydrogen-bond donors (Lipinski definition) is 0. The molecule has 0 spiro atoms. The lowest BCUT2D eigenvalue weighted by Gasteiger charge is -2.53. The second kappa shape index (κ2) is 8.88. The van der Waals surface area contributed by atoms with Gasteiger partial charge in [0.2, 0.25) is 0 Å². The summed E-state index contributed by atoms with van der Waals surface area (Å²) in [4.78, 5) is 20.9. The van der Waals surface area contributed by atoms with Crippen molar-refractivity contribution in [3.05, 3.63) is 60.2 Å². The zero-order chi connectivity index (χ0) is 20.2. The first kappa shape index (κ1) is 19.8. The molecule has 2 aromatic rings. The summed E-state index contributed by atoms with van der Waals surface area (Å²) in [5.41, 5.74) is 1.23. The number of carbonyl (C=O) groups is 1. The molecule has 2 unspecified atom stereocenters. The number of carbonyl (C=O) groups excluding carboxylic acids is 1. The van der Waals surface area contributed by atoms with Crippen LogP contribution in [0.2, 0.25) is 0 Å². The van der Waals surface area contributed by atoms with Gasteiger partial charge in [0.05, 0.1) is 12.1 Å². The Balaban J connectivity index is 1.28. The molecule has 1 amide bonds. The van der Waals surface area contributed by atoms with E-state index in [1.54, 1.807) is 7.11 Å². The number of benzene rings is 1. The minimum atomic E-state index is -0.322. The minimum Gasteiger partial charge on any atom is -0.484 e. The van der Waals surface area contributed by atoms with Crippen LogP contribution in [-0.4, -0.2) is 66.2 Å². The van der Waals surface area contributed by atoms with Gasteiger partial charge < -0.3 is 14.4 Å². The predicted octanol–water partition coefficient (Wildman–Crippen LogP) is 2.66. The summed E-state index contributed by atoms with van der Waals surface area (Å²) >= 11 is 0. The first-order valence-corrected chi connectivity index (χ1v) is 10.0. The van der Waals surface area contributed by atoms with Gasteiger partial charge in [0.15, 0.2) is 6.61 Å². The molecule has 2 atom stereocenters. The maximum absolute atomic E-state index is 12.9. The molecule has 2 aliphatic rings. The van der Waals surface area contributed by atoms with Gasteiger partial charge in [-0.2, -0.15) is 0 Å². The molecule has 6 nitrogen and oxygen atoms in total. The van der Waals surface area contributed by atoms with Crippen LogP contribution in [0, 0.1) is 5.82 Å². The number of halogens is 1. The number of amides is 1. The third-order valence-electron chi connectivity index (χ3n) is 5.91. The molecule has 2 saturated heterocycles. The van der Waals surface area contributed by atoms with E-state index in [2.05, 4.69) is 9.88 Å². The van der Waals surface area contributed by atoms with Gasteiger partial charge in [-0.3, -0.25) is 14.7 Å². The van der Waals surface area contributed by atoms with Crippen LogP contribution in [0.5, 0.6) is 5.75 Å². The minimum absolute atomic E-state index is 0.0224. The summed E-state index contributed by atoms with van der Waals surface area (Å²) in [6.07, 6.45) is 5.70. The molecule has 29 heavy (non-hydrogen) atoms. The molecule has 0 radical (unpaired) electrons. The summed E-state index contributed by atoms with van der Waals surface area (Å²) < 4.78 is 24.1. The molecule has 7 heteroatoms. The Morgan fingerprint density at radius 2 is 1.83 bits per heavy atom. The Morgan fingerprint density at radius 1 is 1.14 bits per heavy atom. The highest BCUT2D eigenvalue weighted by Gasteiger charge is 2.44. The van der Waals surface area contributed by atoms with Gasteiger partial charge in [-0.05, 0) is 54.8 Å². The molecule has 154 valence electrons. The van der Waals surface area contributed by atoms with Gasteiger partial charge in [0.25, 0.3) is 5.91 Å². The SMILES string of the molecule is COC1CN(C2CCN(C(=O)COc3ccc(F)cc3)CC2)C1c1ccncc1. The van der Waals surface area contributed by atoms with E-state index in [0.29, 0.717) is 24.9 Å². The van der Waals surface area contributed by atoms with E-state index in [0.717, 1.165) is 19.4 Å². The molecule has 0 bridgehead atoms. The van der Waals surface area contributed by atoms with Crippen LogP contribution in [0.15, 0.2) is 48.8 Å². The van der Waals surface area contributed by atoms with Crippen LogP contribution in [0.1, 0.15) is 24.4 Å². The lowest BCUT2D eigenvalue weighted by Crippen LogP contribution is -2.60. The first-order chi connectivity index (χ1) is 14.2. The van der Waals surface area contributed by atoms with Crippen molar-refractivity contribution in [1.82, 2.24) is 14.8 Å². The summed E-state index contributed by atoms with van der Waals surface area (Å²) in [5, 5.41) is 0. The second-order valence-corrected chi connectivity index (χ2v) is 7.55. The monoisotopic (exact) mass is 399 g/mol. The number of ether oxygens (including phenoxy) is 2. The normalized spacial score (nSPS) is 22.9. The van der Waals surface area contributed by atoms with Crippen molar-refractivity contribution in [2.75, 3.05) is 33.4 Å². The molecule has 2 aliphatic heterocycles. The third kappa shape index (κ3) is 4.41. The van der Waals surface area contributed by atoms with Gasteiger partial charge in [-0.25, -0.2) is 4.39 Å². The Morgan fingerprint density at radius 3 is 2.48 bits per heavy atom. The average Bonchev–Trinajstić information content (AvgIpc) is 2.74. The maximum Gasteiger partial charge on any atom is 0.260 e. The molecule has 0 N–H and O–H groups in total. The summed E-state index contributed by atoms with van der Waals surface area (Å²) in [7, 11) is 1.76. The number of aromatic nitrogens is 1. The van der Waals surface area contributed by atoms with Crippen LogP contribution in [0.25, 0.3) is 0 Å². The van der Waals surface area contributed by atoms with Crippen molar-refractivity contribution in [2.24, 2.45) is 0 Å². The third-order valence-corrected chi connectivity index (χ3v) is 5.91. The lowest BCUT2D eigenvalue weighted by atomic mass is 9.87. The van der Waals surface area contributed by atoms with Gasteiger partial charge >= 0.3 is 0 Å². The Bertz CT molecular complexity index is 810. The fourth-order valence-corrected chi connectivity index (χ4v) is 4.26. The second-order valence-electron chi connectivity index (χ2n) is 7.55. The van der Waals surface area contributed by atoms with E-state index in [1.165, 1.54) is 29.8 Å². The van der Waals surface area contributed by atoms with Crippen LogP contribution in [0.4, 0.5) is 4.39 Å². The lowest BCUT2D eigenvalue weighted by molar-refractivity contribution is -0.139. The fraction of sp³-hybridized carbons (Fsp3) is 0.455. The van der Waals surface area contributed by atoms with E-state index in [4.69, 9.17) is 9.47 Å². The van der Waals surface area contributed by atoms with Gasteiger partial charge in [-0.1, -0.05) is 0 Å². The molecule has 3 heterocycles. The van der Waals surface area contributed by atoms with Gasteiger partial charge in [0.1, 0.15) is 11.6 Å². The van der Waals surface area contributed by atoms with Gasteiger partial charge in [-0.15, -0.1) is 0 Å². The highest BCUT2D eigenvalue weighted by molar-refractivity contribution is 5.77. The quantitative estimate of drug-likeness (QED) is 0.748. The number of rotatable bonds is 6. The Kier molecular flexibility index (Phi) is 6.06.